The minimum Gasteiger partial charge on any atom is -0.396 e. The highest BCUT2D eigenvalue weighted by Gasteiger charge is 2.27. The number of aryl methyl sites for hydroxylation is 1. The molecular weight excluding hydrogens is 176 g/mol. The smallest absolute Gasteiger partial charge is 0.0580 e. The summed E-state index contributed by atoms with van der Waals surface area (Å²) in [5, 5.41) is 9.19. The molecule has 0 aliphatic heterocycles. The van der Waals surface area contributed by atoms with Gasteiger partial charge in [-0.05, 0) is 19.1 Å². The maximum absolute atomic E-state index is 9.19. The minimum absolute atomic E-state index is 0.0593. The zero-order chi connectivity index (χ0) is 10.8. The third kappa shape index (κ3) is 2.30. The Bertz CT molecular complexity index is 310. The molecule has 3 nitrogen and oxygen atoms in total. The van der Waals surface area contributed by atoms with Crippen LogP contribution in [0.5, 0.6) is 0 Å². The number of pyridine rings is 1. The number of hydrogen-bond donors (Lipinski definition) is 2. The second-order valence-electron chi connectivity index (χ2n) is 4.33. The van der Waals surface area contributed by atoms with Gasteiger partial charge in [0.25, 0.3) is 0 Å². The second-order valence-corrected chi connectivity index (χ2v) is 4.33. The zero-order valence-corrected chi connectivity index (χ0v) is 8.99. The molecule has 0 saturated carbocycles. The van der Waals surface area contributed by atoms with Gasteiger partial charge in [-0.3, -0.25) is 4.98 Å². The van der Waals surface area contributed by atoms with E-state index in [1.165, 1.54) is 0 Å². The first kappa shape index (κ1) is 11.1. The fourth-order valence-corrected chi connectivity index (χ4v) is 1.24. The number of aliphatic hydroxyl groups is 1. The fraction of sp³-hybridized carbons (Fsp3) is 0.545. The third-order valence-electron chi connectivity index (χ3n) is 2.48. The van der Waals surface area contributed by atoms with Crippen molar-refractivity contribution >= 4 is 0 Å². The van der Waals surface area contributed by atoms with Gasteiger partial charge in [-0.2, -0.15) is 0 Å². The summed E-state index contributed by atoms with van der Waals surface area (Å²) >= 11 is 0. The predicted octanol–water partition coefficient (Wildman–Crippen LogP) is 1.41. The first-order valence-electron chi connectivity index (χ1n) is 4.77. The van der Waals surface area contributed by atoms with Gasteiger partial charge in [0, 0.05) is 11.1 Å². The van der Waals surface area contributed by atoms with Gasteiger partial charge in [-0.15, -0.1) is 0 Å². The van der Waals surface area contributed by atoms with Crippen molar-refractivity contribution in [2.24, 2.45) is 11.1 Å². The van der Waals surface area contributed by atoms with Crippen molar-refractivity contribution in [3.05, 3.63) is 29.6 Å². The Morgan fingerprint density at radius 1 is 1.50 bits per heavy atom. The molecule has 0 spiro atoms. The lowest BCUT2D eigenvalue weighted by molar-refractivity contribution is 0.130. The Morgan fingerprint density at radius 2 is 2.14 bits per heavy atom. The van der Waals surface area contributed by atoms with Crippen LogP contribution in [0.4, 0.5) is 0 Å². The molecule has 3 N–H and O–H groups in total. The lowest BCUT2D eigenvalue weighted by atomic mass is 9.84. The average Bonchev–Trinajstić information content (AvgIpc) is 2.16. The van der Waals surface area contributed by atoms with E-state index in [4.69, 9.17) is 5.73 Å². The molecule has 14 heavy (non-hydrogen) atoms. The lowest BCUT2D eigenvalue weighted by Crippen LogP contribution is -2.33. The van der Waals surface area contributed by atoms with E-state index in [2.05, 4.69) is 4.98 Å². The van der Waals surface area contributed by atoms with Gasteiger partial charge in [-0.25, -0.2) is 0 Å². The first-order chi connectivity index (χ1) is 6.47. The summed E-state index contributed by atoms with van der Waals surface area (Å²) in [6.45, 7) is 5.86. The van der Waals surface area contributed by atoms with Crippen LogP contribution in [0.1, 0.15) is 31.3 Å². The number of hydrogen-bond acceptors (Lipinski definition) is 3. The molecule has 1 atom stereocenters. The van der Waals surface area contributed by atoms with Crippen LogP contribution in [-0.4, -0.2) is 16.7 Å². The predicted molar refractivity (Wildman–Crippen MR) is 56.8 cm³/mol. The number of aromatic nitrogens is 1. The summed E-state index contributed by atoms with van der Waals surface area (Å²) in [5.41, 5.74) is 7.48. The van der Waals surface area contributed by atoms with Gasteiger partial charge >= 0.3 is 0 Å². The standard InChI is InChI=1S/C11H18N2O/c1-8-5-4-6-9(13-8)10(12)11(2,3)7-14/h4-6,10,14H,7,12H2,1-3H3/t10-/m0/s1. The van der Waals surface area contributed by atoms with Gasteiger partial charge in [0.1, 0.15) is 0 Å². The molecule has 1 aromatic heterocycles. The Balaban J connectivity index is 2.94. The van der Waals surface area contributed by atoms with E-state index >= 15 is 0 Å². The number of rotatable bonds is 3. The van der Waals surface area contributed by atoms with E-state index in [1.807, 2.05) is 39.0 Å². The normalized spacial score (nSPS) is 14.1. The van der Waals surface area contributed by atoms with Crippen molar-refractivity contribution in [1.82, 2.24) is 4.98 Å². The molecule has 0 amide bonds. The molecule has 1 heterocycles. The zero-order valence-electron chi connectivity index (χ0n) is 8.99. The van der Waals surface area contributed by atoms with Gasteiger partial charge < -0.3 is 10.8 Å². The first-order valence-corrected chi connectivity index (χ1v) is 4.77. The van der Waals surface area contributed by atoms with Gasteiger partial charge in [0.15, 0.2) is 0 Å². The number of nitrogens with two attached hydrogens (primary N) is 1. The van der Waals surface area contributed by atoms with Crippen molar-refractivity contribution in [2.45, 2.75) is 26.8 Å². The fourth-order valence-electron chi connectivity index (χ4n) is 1.24. The van der Waals surface area contributed by atoms with Crippen molar-refractivity contribution in [1.29, 1.82) is 0 Å². The van der Waals surface area contributed by atoms with E-state index in [9.17, 15) is 5.11 Å². The largest absolute Gasteiger partial charge is 0.396 e. The highest BCUT2D eigenvalue weighted by molar-refractivity contribution is 5.15. The van der Waals surface area contributed by atoms with Crippen molar-refractivity contribution < 1.29 is 5.11 Å². The van der Waals surface area contributed by atoms with Crippen LogP contribution >= 0.6 is 0 Å². The maximum Gasteiger partial charge on any atom is 0.0580 e. The van der Waals surface area contributed by atoms with Crippen molar-refractivity contribution in [3.63, 3.8) is 0 Å². The molecule has 0 bridgehead atoms. The molecule has 0 aliphatic carbocycles. The third-order valence-corrected chi connectivity index (χ3v) is 2.48. The van der Waals surface area contributed by atoms with Crippen LogP contribution in [0.3, 0.4) is 0 Å². The topological polar surface area (TPSA) is 59.1 Å². The van der Waals surface area contributed by atoms with Gasteiger partial charge in [0.2, 0.25) is 0 Å². The Morgan fingerprint density at radius 3 is 2.64 bits per heavy atom. The second kappa shape index (κ2) is 4.07. The number of aliphatic hydroxyl groups excluding tert-OH is 1. The molecule has 0 aromatic carbocycles. The minimum atomic E-state index is -0.333. The molecule has 3 heteroatoms. The highest BCUT2D eigenvalue weighted by Crippen LogP contribution is 2.29. The summed E-state index contributed by atoms with van der Waals surface area (Å²) < 4.78 is 0. The summed E-state index contributed by atoms with van der Waals surface area (Å²) in [7, 11) is 0. The molecule has 1 rings (SSSR count). The summed E-state index contributed by atoms with van der Waals surface area (Å²) in [4.78, 5) is 4.35. The molecule has 0 aliphatic rings. The Labute approximate surface area is 85.0 Å². The molecule has 1 aromatic rings. The van der Waals surface area contributed by atoms with E-state index in [0.717, 1.165) is 11.4 Å². The number of nitrogens with zero attached hydrogens (tertiary/aromatic N) is 1. The molecule has 78 valence electrons. The van der Waals surface area contributed by atoms with Crippen LogP contribution in [0.2, 0.25) is 0 Å². The molecule has 0 unspecified atom stereocenters. The quantitative estimate of drug-likeness (QED) is 0.764. The van der Waals surface area contributed by atoms with Gasteiger partial charge in [-0.1, -0.05) is 19.9 Å². The van der Waals surface area contributed by atoms with Crippen LogP contribution < -0.4 is 5.73 Å². The Hall–Kier alpha value is -0.930. The molecular formula is C11H18N2O. The molecule has 0 saturated heterocycles. The average molecular weight is 194 g/mol. The van der Waals surface area contributed by atoms with Crippen LogP contribution in [0, 0.1) is 12.3 Å². The van der Waals surface area contributed by atoms with Crippen molar-refractivity contribution in [3.8, 4) is 0 Å². The highest BCUT2D eigenvalue weighted by atomic mass is 16.3. The Kier molecular flexibility index (Phi) is 3.24. The summed E-state index contributed by atoms with van der Waals surface area (Å²) in [6, 6.07) is 5.54. The van der Waals surface area contributed by atoms with Gasteiger partial charge in [0.05, 0.1) is 18.3 Å². The lowest BCUT2D eigenvalue weighted by Gasteiger charge is -2.28. The van der Waals surface area contributed by atoms with Crippen LogP contribution in [0.15, 0.2) is 18.2 Å². The van der Waals surface area contributed by atoms with Crippen LogP contribution in [-0.2, 0) is 0 Å². The van der Waals surface area contributed by atoms with E-state index in [1.54, 1.807) is 0 Å². The summed E-state index contributed by atoms with van der Waals surface area (Å²) in [5.74, 6) is 0. The molecule has 0 radical (unpaired) electrons. The van der Waals surface area contributed by atoms with E-state index < -0.39 is 0 Å². The summed E-state index contributed by atoms with van der Waals surface area (Å²) in [6.07, 6.45) is 0. The maximum atomic E-state index is 9.19. The monoisotopic (exact) mass is 194 g/mol. The SMILES string of the molecule is Cc1cccc([C@H](N)C(C)(C)CO)n1. The van der Waals surface area contributed by atoms with E-state index in [-0.39, 0.29) is 18.1 Å². The van der Waals surface area contributed by atoms with Crippen LogP contribution in [0.25, 0.3) is 0 Å². The van der Waals surface area contributed by atoms with E-state index in [0.29, 0.717) is 0 Å². The molecule has 0 fully saturated rings. The van der Waals surface area contributed by atoms with Crippen molar-refractivity contribution in [2.75, 3.05) is 6.61 Å².